The minimum Gasteiger partial charge on any atom is -0.509 e. The molecular formula is C62H65N4OPt-3. The van der Waals surface area contributed by atoms with Gasteiger partial charge in [-0.2, -0.15) is 6.07 Å². The molecule has 9 rings (SSSR count). The smallest absolute Gasteiger partial charge is 0.135 e. The van der Waals surface area contributed by atoms with Crippen molar-refractivity contribution in [3.8, 4) is 17.3 Å². The first-order chi connectivity index (χ1) is 31.6. The molecule has 1 aliphatic rings. The summed E-state index contributed by atoms with van der Waals surface area (Å²) in [7, 11) is 0. The summed E-state index contributed by atoms with van der Waals surface area (Å²) >= 11 is 0. The van der Waals surface area contributed by atoms with E-state index >= 15 is 0 Å². The second-order valence-electron chi connectivity index (χ2n) is 22.4. The van der Waals surface area contributed by atoms with Gasteiger partial charge in [0.15, 0.2) is 0 Å². The van der Waals surface area contributed by atoms with Crippen molar-refractivity contribution in [2.75, 3.05) is 9.80 Å². The summed E-state index contributed by atoms with van der Waals surface area (Å²) < 4.78 is 9.27. The molecule has 6 heteroatoms. The number of allylic oxidation sites excluding steroid dienone is 2. The molecule has 5 nitrogen and oxygen atoms in total. The van der Waals surface area contributed by atoms with Crippen molar-refractivity contribution in [1.82, 2.24) is 9.55 Å². The number of hydrogen-bond donors (Lipinski definition) is 0. The maximum atomic E-state index is 7.05. The SMILES string of the molecule is CC(C)(C)C1=C(C(C)(C)C)N(c2cccc(C(C)(C)C)c2)[CH-]N1c1[c-]c(Oc2[c-]c3c(cc2)c2ccccc2n3-c2cc(C(C)(C)c3ccccc3)ccn2)cc(C(C)(C)c2ccccc2)c1.[Pt]. The van der Waals surface area contributed by atoms with Crippen molar-refractivity contribution in [3.05, 3.63) is 210 Å². The van der Waals surface area contributed by atoms with E-state index in [2.05, 4.69) is 263 Å². The number of nitrogens with zero attached hydrogens (tertiary/aromatic N) is 4. The van der Waals surface area contributed by atoms with Gasteiger partial charge in [0, 0.05) is 77.6 Å². The van der Waals surface area contributed by atoms with Crippen LogP contribution in [0, 0.1) is 29.6 Å². The van der Waals surface area contributed by atoms with Gasteiger partial charge in [-0.1, -0.05) is 187 Å². The Bertz CT molecular complexity index is 3140. The molecule has 0 bridgehead atoms. The molecule has 0 amide bonds. The molecule has 8 aromatic rings. The van der Waals surface area contributed by atoms with E-state index in [1.165, 1.54) is 33.6 Å². The summed E-state index contributed by atoms with van der Waals surface area (Å²) in [4.78, 5) is 9.77. The molecule has 2 aromatic heterocycles. The second kappa shape index (κ2) is 17.9. The predicted octanol–water partition coefficient (Wildman–Crippen LogP) is 16.3. The van der Waals surface area contributed by atoms with E-state index in [4.69, 9.17) is 9.72 Å². The van der Waals surface area contributed by atoms with E-state index in [-0.39, 0.29) is 48.1 Å². The van der Waals surface area contributed by atoms with Crippen LogP contribution in [0.4, 0.5) is 11.4 Å². The van der Waals surface area contributed by atoms with Gasteiger partial charge in [-0.25, -0.2) is 4.98 Å². The number of fused-ring (bicyclic) bond motifs is 3. The van der Waals surface area contributed by atoms with Crippen LogP contribution in [0.3, 0.4) is 0 Å². The number of para-hydroxylation sites is 1. The zero-order valence-electron chi connectivity index (χ0n) is 42.0. The number of aromatic nitrogens is 2. The molecule has 352 valence electrons. The van der Waals surface area contributed by atoms with E-state index < -0.39 is 0 Å². The molecule has 0 atom stereocenters. The summed E-state index contributed by atoms with van der Waals surface area (Å²) in [5.74, 6) is 2.05. The molecule has 0 saturated carbocycles. The summed E-state index contributed by atoms with van der Waals surface area (Å²) in [6.07, 6.45) is 1.93. The third-order valence-corrected chi connectivity index (χ3v) is 13.6. The predicted molar refractivity (Wildman–Crippen MR) is 280 cm³/mol. The zero-order chi connectivity index (χ0) is 47.7. The van der Waals surface area contributed by atoms with Crippen LogP contribution in [0.2, 0.25) is 0 Å². The van der Waals surface area contributed by atoms with Crippen molar-refractivity contribution in [1.29, 1.82) is 0 Å². The van der Waals surface area contributed by atoms with Gasteiger partial charge in [0.25, 0.3) is 0 Å². The van der Waals surface area contributed by atoms with Crippen molar-refractivity contribution in [3.63, 3.8) is 0 Å². The Kier molecular flexibility index (Phi) is 12.8. The number of ether oxygens (including phenoxy) is 1. The summed E-state index contributed by atoms with van der Waals surface area (Å²) in [5.41, 5.74) is 11.5. The Hall–Kier alpha value is -5.90. The summed E-state index contributed by atoms with van der Waals surface area (Å²) in [6, 6.07) is 59.5. The third-order valence-electron chi connectivity index (χ3n) is 13.6. The maximum absolute atomic E-state index is 7.05. The molecule has 0 saturated heterocycles. The van der Waals surface area contributed by atoms with E-state index in [1.807, 2.05) is 12.3 Å². The number of anilines is 2. The van der Waals surface area contributed by atoms with Crippen LogP contribution in [0.1, 0.15) is 118 Å². The Morgan fingerprint density at radius 1 is 0.471 bits per heavy atom. The van der Waals surface area contributed by atoms with Gasteiger partial charge >= 0.3 is 0 Å². The minimum atomic E-state index is -0.369. The Morgan fingerprint density at radius 3 is 1.69 bits per heavy atom. The van der Waals surface area contributed by atoms with Crippen molar-refractivity contribution < 1.29 is 25.8 Å². The molecule has 0 aliphatic carbocycles. The van der Waals surface area contributed by atoms with Gasteiger partial charge in [0.1, 0.15) is 5.82 Å². The van der Waals surface area contributed by atoms with E-state index in [0.29, 0.717) is 11.5 Å². The first kappa shape index (κ1) is 48.6. The fourth-order valence-electron chi connectivity index (χ4n) is 9.73. The van der Waals surface area contributed by atoms with Crippen LogP contribution in [0.25, 0.3) is 27.6 Å². The van der Waals surface area contributed by atoms with E-state index in [0.717, 1.165) is 44.6 Å². The van der Waals surface area contributed by atoms with Gasteiger partial charge in [0.05, 0.1) is 0 Å². The minimum absolute atomic E-state index is 0. The average Bonchev–Trinajstić information content (AvgIpc) is 3.88. The largest absolute Gasteiger partial charge is 0.509 e. The molecule has 0 N–H and O–H groups in total. The van der Waals surface area contributed by atoms with Crippen LogP contribution >= 0.6 is 0 Å². The summed E-state index contributed by atoms with van der Waals surface area (Å²) in [5, 5.41) is 2.21. The Morgan fingerprint density at radius 2 is 1.06 bits per heavy atom. The molecule has 0 spiro atoms. The van der Waals surface area contributed by atoms with Crippen LogP contribution in [-0.2, 0) is 37.3 Å². The number of pyridine rings is 1. The van der Waals surface area contributed by atoms with Gasteiger partial charge in [0.2, 0.25) is 0 Å². The Balaban J connectivity index is 0.00000625. The maximum Gasteiger partial charge on any atom is 0.135 e. The topological polar surface area (TPSA) is 33.5 Å². The van der Waals surface area contributed by atoms with Crippen molar-refractivity contribution >= 4 is 33.2 Å². The number of benzene rings is 6. The van der Waals surface area contributed by atoms with Crippen molar-refractivity contribution in [2.24, 2.45) is 10.8 Å². The average molecular weight is 1080 g/mol. The first-order valence-electron chi connectivity index (χ1n) is 23.7. The molecule has 3 heterocycles. The second-order valence-corrected chi connectivity index (χ2v) is 22.4. The van der Waals surface area contributed by atoms with E-state index in [9.17, 15) is 0 Å². The third kappa shape index (κ3) is 9.07. The zero-order valence-corrected chi connectivity index (χ0v) is 44.3. The fourth-order valence-corrected chi connectivity index (χ4v) is 9.73. The quantitative estimate of drug-likeness (QED) is 0.135. The van der Waals surface area contributed by atoms with Gasteiger partial charge in [-0.15, -0.1) is 53.6 Å². The van der Waals surface area contributed by atoms with Crippen LogP contribution in [0.15, 0.2) is 163 Å². The number of hydrogen-bond acceptors (Lipinski definition) is 4. The fraction of sp³-hybridized carbons (Fsp3) is 0.290. The van der Waals surface area contributed by atoms with Crippen LogP contribution < -0.4 is 14.5 Å². The van der Waals surface area contributed by atoms with Gasteiger partial charge in [-0.05, 0) is 68.8 Å². The normalized spacial score (nSPS) is 14.0. The molecule has 0 fully saturated rings. The summed E-state index contributed by atoms with van der Waals surface area (Å²) in [6.45, 7) is 32.1. The monoisotopic (exact) mass is 1080 g/mol. The van der Waals surface area contributed by atoms with Crippen molar-refractivity contribution in [2.45, 2.75) is 106 Å². The molecule has 68 heavy (non-hydrogen) atoms. The number of rotatable bonds is 9. The Labute approximate surface area is 420 Å². The standard InChI is InChI=1S/C62H65N4O.Pt/c1-58(2,3)44-27-22-28-47(35-44)64-41-65(57(60(7,8)9)56(64)59(4,5)6)48-36-46(62(12,13)43-25-18-15-19-26-43)37-50(39-48)67-49-31-32-52-51-29-20-21-30-53(51)66(54(52)40-49)55-38-45(33-34-63-55)61(10,11)42-23-16-14-17-24-42;/h14-38,41H,1-13H3;/q-3;. The molecular weight excluding hydrogens is 1010 g/mol. The van der Waals surface area contributed by atoms with Crippen LogP contribution in [-0.4, -0.2) is 9.55 Å². The van der Waals surface area contributed by atoms with Crippen LogP contribution in [0.5, 0.6) is 11.5 Å². The molecule has 0 unspecified atom stereocenters. The van der Waals surface area contributed by atoms with Gasteiger partial charge in [-0.3, -0.25) is 0 Å². The molecule has 6 aromatic carbocycles. The van der Waals surface area contributed by atoms with E-state index in [1.54, 1.807) is 0 Å². The van der Waals surface area contributed by atoms with Gasteiger partial charge < -0.3 is 19.1 Å². The molecule has 0 radical (unpaired) electrons. The first-order valence-corrected chi connectivity index (χ1v) is 23.7. The molecule has 1 aliphatic heterocycles.